The molecule has 2 heterocycles. The van der Waals surface area contributed by atoms with E-state index in [1.54, 1.807) is 18.7 Å². The van der Waals surface area contributed by atoms with Crippen LogP contribution in [-0.2, 0) is 0 Å². The van der Waals surface area contributed by atoms with Crippen molar-refractivity contribution in [2.75, 3.05) is 11.4 Å². The number of carbonyl (C=O) groups is 1. The zero-order valence-corrected chi connectivity index (χ0v) is 12.6. The number of fused-ring (bicyclic) bond motifs is 1. The monoisotopic (exact) mass is 286 g/mol. The van der Waals surface area contributed by atoms with Crippen LogP contribution in [0.25, 0.3) is 0 Å². The van der Waals surface area contributed by atoms with Gasteiger partial charge >= 0.3 is 0 Å². The molecule has 1 aliphatic rings. The number of aromatic nitrogens is 1. The first-order valence-corrected chi connectivity index (χ1v) is 6.99. The maximum absolute atomic E-state index is 12.8. The smallest absolute Gasteiger partial charge is 0.296 e. The molecule has 0 saturated heterocycles. The van der Waals surface area contributed by atoms with E-state index in [4.69, 9.17) is 9.15 Å². The van der Waals surface area contributed by atoms with Crippen molar-refractivity contribution >= 4 is 11.6 Å². The summed E-state index contributed by atoms with van der Waals surface area (Å²) in [5, 5.41) is 0. The number of amides is 1. The molecule has 1 unspecified atom stereocenters. The van der Waals surface area contributed by atoms with E-state index in [1.165, 1.54) is 0 Å². The highest BCUT2D eigenvalue weighted by Gasteiger charge is 2.31. The summed E-state index contributed by atoms with van der Waals surface area (Å²) in [5.41, 5.74) is 2.48. The Balaban J connectivity index is 2.04. The van der Waals surface area contributed by atoms with Crippen LogP contribution in [0.1, 0.15) is 34.6 Å². The van der Waals surface area contributed by atoms with Gasteiger partial charge in [0.25, 0.3) is 5.91 Å². The summed E-state index contributed by atoms with van der Waals surface area (Å²) in [4.78, 5) is 18.7. The molecule has 1 aliphatic heterocycles. The molecule has 2 aromatic rings. The lowest BCUT2D eigenvalue weighted by molar-refractivity contribution is 0.0932. The molecule has 0 fully saturated rings. The second-order valence-electron chi connectivity index (χ2n) is 5.46. The maximum Gasteiger partial charge on any atom is 0.296 e. The first kappa shape index (κ1) is 13.7. The minimum Gasteiger partial charge on any atom is -0.487 e. The fourth-order valence-corrected chi connectivity index (χ4v) is 2.59. The molecule has 5 nitrogen and oxygen atoms in total. The Hall–Kier alpha value is -2.30. The topological polar surface area (TPSA) is 55.6 Å². The third kappa shape index (κ3) is 2.39. The predicted octanol–water partition coefficient (Wildman–Crippen LogP) is 3.03. The van der Waals surface area contributed by atoms with Gasteiger partial charge in [0, 0.05) is 6.92 Å². The van der Waals surface area contributed by atoms with Gasteiger partial charge in [0.15, 0.2) is 5.89 Å². The number of nitrogens with zero attached hydrogens (tertiary/aromatic N) is 2. The third-order valence-electron chi connectivity index (χ3n) is 3.52. The number of hydrogen-bond acceptors (Lipinski definition) is 4. The van der Waals surface area contributed by atoms with Crippen molar-refractivity contribution in [3.63, 3.8) is 0 Å². The molecule has 5 heteroatoms. The molecule has 0 spiro atoms. The first-order chi connectivity index (χ1) is 9.95. The number of ether oxygens (including phenoxy) is 1. The average molecular weight is 286 g/mol. The average Bonchev–Trinajstić information content (AvgIpc) is 2.76. The standard InChI is InChI=1S/C16H18N2O3/c1-9-5-6-14-13(7-9)18(8-10(2)20-14)16(19)15-11(3)17-12(4)21-15/h5-7,10H,8H2,1-4H3. The summed E-state index contributed by atoms with van der Waals surface area (Å²) in [7, 11) is 0. The van der Waals surface area contributed by atoms with E-state index in [1.807, 2.05) is 32.0 Å². The Morgan fingerprint density at radius 1 is 1.33 bits per heavy atom. The molecule has 1 aromatic heterocycles. The highest BCUT2D eigenvalue weighted by atomic mass is 16.5. The van der Waals surface area contributed by atoms with Crippen molar-refractivity contribution in [1.29, 1.82) is 0 Å². The fourth-order valence-electron chi connectivity index (χ4n) is 2.59. The van der Waals surface area contributed by atoms with Gasteiger partial charge in [-0.25, -0.2) is 4.98 Å². The number of oxazole rings is 1. The van der Waals surface area contributed by atoms with Crippen molar-refractivity contribution in [2.24, 2.45) is 0 Å². The SMILES string of the molecule is Cc1ccc2c(c1)N(C(=O)c1oc(C)nc1C)CC(C)O2. The Labute approximate surface area is 123 Å². The van der Waals surface area contributed by atoms with Gasteiger partial charge in [0.05, 0.1) is 17.9 Å². The van der Waals surface area contributed by atoms with Gasteiger partial charge in [-0.15, -0.1) is 0 Å². The highest BCUT2D eigenvalue weighted by molar-refractivity contribution is 6.06. The van der Waals surface area contributed by atoms with Crippen LogP contribution in [0, 0.1) is 20.8 Å². The minimum atomic E-state index is -0.171. The van der Waals surface area contributed by atoms with E-state index < -0.39 is 0 Å². The van der Waals surface area contributed by atoms with Crippen LogP contribution in [-0.4, -0.2) is 23.5 Å². The first-order valence-electron chi connectivity index (χ1n) is 6.99. The van der Waals surface area contributed by atoms with Crippen LogP contribution in [0.15, 0.2) is 22.6 Å². The van der Waals surface area contributed by atoms with Crippen molar-refractivity contribution < 1.29 is 13.9 Å². The summed E-state index contributed by atoms with van der Waals surface area (Å²) < 4.78 is 11.3. The van der Waals surface area contributed by atoms with Crippen molar-refractivity contribution in [1.82, 2.24) is 4.98 Å². The number of anilines is 1. The minimum absolute atomic E-state index is 0.0616. The van der Waals surface area contributed by atoms with Crippen LogP contribution in [0.2, 0.25) is 0 Å². The number of benzene rings is 1. The lowest BCUT2D eigenvalue weighted by Crippen LogP contribution is -2.42. The van der Waals surface area contributed by atoms with Gasteiger partial charge in [-0.05, 0) is 38.5 Å². The molecule has 1 amide bonds. The van der Waals surface area contributed by atoms with E-state index in [0.717, 1.165) is 17.0 Å². The number of rotatable bonds is 1. The summed E-state index contributed by atoms with van der Waals surface area (Å²) in [6.45, 7) is 7.95. The lowest BCUT2D eigenvalue weighted by Gasteiger charge is -2.33. The largest absolute Gasteiger partial charge is 0.487 e. The van der Waals surface area contributed by atoms with Crippen molar-refractivity contribution in [3.8, 4) is 5.75 Å². The fraction of sp³-hybridized carbons (Fsp3) is 0.375. The summed E-state index contributed by atoms with van der Waals surface area (Å²) in [6, 6.07) is 5.83. The Bertz CT molecular complexity index is 706. The van der Waals surface area contributed by atoms with E-state index in [0.29, 0.717) is 23.9 Å². The van der Waals surface area contributed by atoms with Crippen LogP contribution < -0.4 is 9.64 Å². The van der Waals surface area contributed by atoms with Crippen LogP contribution in [0.5, 0.6) is 5.75 Å². The van der Waals surface area contributed by atoms with Gasteiger partial charge in [-0.2, -0.15) is 0 Å². The Kier molecular flexibility index (Phi) is 3.20. The lowest BCUT2D eigenvalue weighted by atomic mass is 10.1. The molecule has 1 aromatic carbocycles. The summed E-state index contributed by atoms with van der Waals surface area (Å²) >= 11 is 0. The summed E-state index contributed by atoms with van der Waals surface area (Å²) in [6.07, 6.45) is -0.0616. The molecule has 0 N–H and O–H groups in total. The summed E-state index contributed by atoms with van der Waals surface area (Å²) in [5.74, 6) is 1.35. The third-order valence-corrected chi connectivity index (χ3v) is 3.52. The molecule has 0 bridgehead atoms. The van der Waals surface area contributed by atoms with Gasteiger partial charge in [-0.1, -0.05) is 6.07 Å². The van der Waals surface area contributed by atoms with Gasteiger partial charge < -0.3 is 9.15 Å². The van der Waals surface area contributed by atoms with E-state index in [-0.39, 0.29) is 12.0 Å². The molecule has 3 rings (SSSR count). The molecular weight excluding hydrogens is 268 g/mol. The maximum atomic E-state index is 12.8. The second-order valence-corrected chi connectivity index (χ2v) is 5.46. The Morgan fingerprint density at radius 3 is 2.76 bits per heavy atom. The number of carbonyl (C=O) groups excluding carboxylic acids is 1. The van der Waals surface area contributed by atoms with Crippen LogP contribution in [0.4, 0.5) is 5.69 Å². The van der Waals surface area contributed by atoms with Crippen LogP contribution >= 0.6 is 0 Å². The van der Waals surface area contributed by atoms with E-state index in [2.05, 4.69) is 4.98 Å². The highest BCUT2D eigenvalue weighted by Crippen LogP contribution is 2.35. The number of hydrogen-bond donors (Lipinski definition) is 0. The molecule has 0 radical (unpaired) electrons. The predicted molar refractivity (Wildman–Crippen MR) is 78.9 cm³/mol. The van der Waals surface area contributed by atoms with Crippen molar-refractivity contribution in [3.05, 3.63) is 41.1 Å². The van der Waals surface area contributed by atoms with Crippen LogP contribution in [0.3, 0.4) is 0 Å². The second kappa shape index (κ2) is 4.91. The zero-order chi connectivity index (χ0) is 15.1. The van der Waals surface area contributed by atoms with Crippen molar-refractivity contribution in [2.45, 2.75) is 33.8 Å². The molecular formula is C16H18N2O3. The van der Waals surface area contributed by atoms with Gasteiger partial charge in [0.1, 0.15) is 11.9 Å². The zero-order valence-electron chi connectivity index (χ0n) is 12.6. The molecule has 0 aliphatic carbocycles. The molecule has 110 valence electrons. The van der Waals surface area contributed by atoms with E-state index in [9.17, 15) is 4.79 Å². The molecule has 21 heavy (non-hydrogen) atoms. The molecule has 1 atom stereocenters. The van der Waals surface area contributed by atoms with Gasteiger partial charge in [-0.3, -0.25) is 9.69 Å². The molecule has 0 saturated carbocycles. The van der Waals surface area contributed by atoms with Gasteiger partial charge in [0.2, 0.25) is 5.76 Å². The quantitative estimate of drug-likeness (QED) is 0.808. The Morgan fingerprint density at radius 2 is 2.10 bits per heavy atom. The normalized spacial score (nSPS) is 17.3. The van der Waals surface area contributed by atoms with E-state index >= 15 is 0 Å². The number of aryl methyl sites for hydroxylation is 3.